The maximum absolute atomic E-state index is 13.1. The number of hydrogen-bond donors (Lipinski definition) is 1. The van der Waals surface area contributed by atoms with E-state index in [-0.39, 0.29) is 0 Å². The summed E-state index contributed by atoms with van der Waals surface area (Å²) < 4.78 is 13.1. The van der Waals surface area contributed by atoms with Crippen LogP contribution in [0.3, 0.4) is 0 Å². The highest BCUT2D eigenvalue weighted by atomic mass is 19.1. The van der Waals surface area contributed by atoms with Gasteiger partial charge in [0, 0.05) is 5.92 Å². The Labute approximate surface area is 131 Å². The van der Waals surface area contributed by atoms with Gasteiger partial charge in [-0.3, -0.25) is 0 Å². The second-order valence-electron chi connectivity index (χ2n) is 5.04. The van der Waals surface area contributed by atoms with Crippen molar-refractivity contribution in [2.45, 2.75) is 5.92 Å². The Morgan fingerprint density at radius 3 is 1.91 bits per heavy atom. The molecule has 0 spiro atoms. The van der Waals surface area contributed by atoms with Gasteiger partial charge in [0.25, 0.3) is 0 Å². The molecule has 1 saturated carbocycles. The molecular formula is C16H7FN6. The quantitative estimate of drug-likeness (QED) is 0.851. The Balaban J connectivity index is 2.66. The average Bonchev–Trinajstić information content (AvgIpc) is 3.20. The molecule has 7 heteroatoms. The minimum Gasteiger partial charge on any atom is -0.305 e. The zero-order valence-corrected chi connectivity index (χ0v) is 11.6. The van der Waals surface area contributed by atoms with Crippen molar-refractivity contribution >= 4 is 5.71 Å². The third-order valence-electron chi connectivity index (χ3n) is 4.11. The number of nitriles is 5. The van der Waals surface area contributed by atoms with Crippen molar-refractivity contribution in [3.63, 3.8) is 0 Å². The molecule has 1 aliphatic carbocycles. The van der Waals surface area contributed by atoms with Gasteiger partial charge in [-0.05, 0) is 17.7 Å². The average molecular weight is 302 g/mol. The van der Waals surface area contributed by atoms with E-state index in [1.807, 2.05) is 0 Å². The van der Waals surface area contributed by atoms with Gasteiger partial charge in [-0.25, -0.2) is 4.39 Å². The minimum absolute atomic E-state index is 0.329. The van der Waals surface area contributed by atoms with Gasteiger partial charge in [-0.2, -0.15) is 26.3 Å². The molecule has 0 heterocycles. The SMILES string of the molecule is N#CC(C#N)C(=N)[C@]1(C#N)[C@H](c2ccc(F)cc2)C1(C#N)C#N. The number of halogens is 1. The van der Waals surface area contributed by atoms with Crippen LogP contribution in [0.2, 0.25) is 0 Å². The first-order chi connectivity index (χ1) is 11.0. The van der Waals surface area contributed by atoms with Gasteiger partial charge in [-0.1, -0.05) is 12.1 Å². The van der Waals surface area contributed by atoms with E-state index in [1.54, 1.807) is 30.3 Å². The number of hydrogen-bond acceptors (Lipinski definition) is 6. The van der Waals surface area contributed by atoms with Crippen LogP contribution in [0.5, 0.6) is 0 Å². The molecule has 1 aliphatic rings. The zero-order valence-electron chi connectivity index (χ0n) is 11.6. The lowest BCUT2D eigenvalue weighted by molar-refractivity contribution is 0.626. The summed E-state index contributed by atoms with van der Waals surface area (Å²) in [5.74, 6) is -3.09. The molecular weight excluding hydrogens is 295 g/mol. The maximum Gasteiger partial charge on any atom is 0.177 e. The Morgan fingerprint density at radius 2 is 1.52 bits per heavy atom. The highest BCUT2D eigenvalue weighted by molar-refractivity contribution is 6.02. The molecule has 0 bridgehead atoms. The summed E-state index contributed by atoms with van der Waals surface area (Å²) >= 11 is 0. The third kappa shape index (κ3) is 1.77. The van der Waals surface area contributed by atoms with Crippen molar-refractivity contribution in [3.8, 4) is 30.3 Å². The summed E-state index contributed by atoms with van der Waals surface area (Å²) in [6.07, 6.45) is 0. The Morgan fingerprint density at radius 1 is 1.00 bits per heavy atom. The summed E-state index contributed by atoms with van der Waals surface area (Å²) in [6.45, 7) is 0. The minimum atomic E-state index is -1.90. The van der Waals surface area contributed by atoms with Crippen LogP contribution in [-0.4, -0.2) is 5.71 Å². The van der Waals surface area contributed by atoms with Crippen molar-refractivity contribution in [1.82, 2.24) is 0 Å². The molecule has 0 saturated heterocycles. The lowest BCUT2D eigenvalue weighted by atomic mass is 9.84. The predicted octanol–water partition coefficient (Wildman–Crippen LogP) is 2.15. The van der Waals surface area contributed by atoms with Crippen LogP contribution in [-0.2, 0) is 0 Å². The van der Waals surface area contributed by atoms with Crippen molar-refractivity contribution in [1.29, 1.82) is 31.7 Å². The normalized spacial score (nSPS) is 23.4. The van der Waals surface area contributed by atoms with Crippen LogP contribution in [0.25, 0.3) is 0 Å². The fraction of sp³-hybridized carbons (Fsp3) is 0.250. The molecule has 1 fully saturated rings. The summed E-state index contributed by atoms with van der Waals surface area (Å²) in [5.41, 5.74) is -4.04. The molecule has 0 aromatic heterocycles. The molecule has 2 rings (SSSR count). The molecule has 0 aliphatic heterocycles. The highest BCUT2D eigenvalue weighted by Crippen LogP contribution is 2.74. The first kappa shape index (κ1) is 15.7. The summed E-state index contributed by atoms with van der Waals surface area (Å²) in [5, 5.41) is 54.4. The van der Waals surface area contributed by atoms with Crippen LogP contribution < -0.4 is 0 Å². The lowest BCUT2D eigenvalue weighted by Gasteiger charge is -2.11. The Kier molecular flexibility index (Phi) is 3.56. The summed E-state index contributed by atoms with van der Waals surface area (Å²) in [7, 11) is 0. The van der Waals surface area contributed by atoms with Gasteiger partial charge in [0.05, 0.1) is 36.1 Å². The predicted molar refractivity (Wildman–Crippen MR) is 73.3 cm³/mol. The monoisotopic (exact) mass is 302 g/mol. The van der Waals surface area contributed by atoms with E-state index in [9.17, 15) is 20.2 Å². The maximum atomic E-state index is 13.1. The first-order valence-electron chi connectivity index (χ1n) is 6.36. The van der Waals surface area contributed by atoms with Crippen LogP contribution in [0.1, 0.15) is 11.5 Å². The van der Waals surface area contributed by atoms with Crippen LogP contribution in [0, 0.1) is 84.6 Å². The van der Waals surface area contributed by atoms with Crippen LogP contribution >= 0.6 is 0 Å². The van der Waals surface area contributed by atoms with Crippen LogP contribution in [0.4, 0.5) is 4.39 Å². The molecule has 23 heavy (non-hydrogen) atoms. The molecule has 6 nitrogen and oxygen atoms in total. The molecule has 1 aromatic rings. The van der Waals surface area contributed by atoms with Crippen molar-refractivity contribution in [3.05, 3.63) is 35.6 Å². The standard InChI is InChI=1S/C16H7FN6/c17-12-3-1-10(2-4-12)13-15(7-20,8-21)16(13,9-22)14(23)11(5-18)6-19/h1-4,11,13,23H/t13-,16+/m1/s1. The molecule has 2 atom stereocenters. The second kappa shape index (κ2) is 5.23. The van der Waals surface area contributed by atoms with Gasteiger partial charge in [0.1, 0.15) is 11.2 Å². The van der Waals surface area contributed by atoms with E-state index in [0.717, 1.165) is 12.1 Å². The van der Waals surface area contributed by atoms with Gasteiger partial charge in [-0.15, -0.1) is 0 Å². The smallest absolute Gasteiger partial charge is 0.177 e. The van der Waals surface area contributed by atoms with E-state index in [4.69, 9.17) is 15.9 Å². The van der Waals surface area contributed by atoms with E-state index < -0.39 is 34.2 Å². The van der Waals surface area contributed by atoms with Crippen LogP contribution in [0.15, 0.2) is 24.3 Å². The number of nitrogens with zero attached hydrogens (tertiary/aromatic N) is 5. The van der Waals surface area contributed by atoms with Crippen molar-refractivity contribution in [2.24, 2.45) is 16.7 Å². The first-order valence-corrected chi connectivity index (χ1v) is 6.36. The lowest BCUT2D eigenvalue weighted by Crippen LogP contribution is -2.26. The van der Waals surface area contributed by atoms with Crippen molar-refractivity contribution < 1.29 is 4.39 Å². The van der Waals surface area contributed by atoms with Crippen molar-refractivity contribution in [2.75, 3.05) is 0 Å². The molecule has 108 valence electrons. The zero-order chi connectivity index (χ0) is 17.3. The molecule has 0 amide bonds. The van der Waals surface area contributed by atoms with Gasteiger partial charge < -0.3 is 5.41 Å². The highest BCUT2D eigenvalue weighted by Gasteiger charge is 2.83. The van der Waals surface area contributed by atoms with Gasteiger partial charge in [0.2, 0.25) is 0 Å². The number of rotatable bonds is 3. The van der Waals surface area contributed by atoms with E-state index in [2.05, 4.69) is 0 Å². The largest absolute Gasteiger partial charge is 0.305 e. The fourth-order valence-corrected chi connectivity index (χ4v) is 2.93. The fourth-order valence-electron chi connectivity index (χ4n) is 2.93. The molecule has 1 N–H and O–H groups in total. The van der Waals surface area contributed by atoms with Gasteiger partial charge in [0.15, 0.2) is 11.3 Å². The Bertz CT molecular complexity index is 855. The molecule has 0 radical (unpaired) electrons. The van der Waals surface area contributed by atoms with E-state index in [0.29, 0.717) is 5.56 Å². The number of benzene rings is 1. The molecule has 1 aromatic carbocycles. The topological polar surface area (TPSA) is 143 Å². The molecule has 0 unspecified atom stereocenters. The van der Waals surface area contributed by atoms with E-state index >= 15 is 0 Å². The summed E-state index contributed by atoms with van der Waals surface area (Å²) in [6, 6.07) is 13.3. The Hall–Kier alpha value is -3.73. The third-order valence-corrected chi connectivity index (χ3v) is 4.11. The van der Waals surface area contributed by atoms with Gasteiger partial charge >= 0.3 is 0 Å². The summed E-state index contributed by atoms with van der Waals surface area (Å²) in [4.78, 5) is 0. The second-order valence-corrected chi connectivity index (χ2v) is 5.04. The number of nitrogens with one attached hydrogen (secondary N) is 1. The van der Waals surface area contributed by atoms with E-state index in [1.165, 1.54) is 12.1 Å².